The maximum Gasteiger partial charge on any atom is 0.234 e. The molecule has 0 aromatic carbocycles. The normalized spacial score (nSPS) is 30.0. The Bertz CT molecular complexity index is 488. The molecule has 21 heavy (non-hydrogen) atoms. The monoisotopic (exact) mass is 327 g/mol. The Kier molecular flexibility index (Phi) is 5.13. The second kappa shape index (κ2) is 7.07. The van der Waals surface area contributed by atoms with Gasteiger partial charge in [-0.05, 0) is 12.8 Å². The molecule has 0 spiro atoms. The van der Waals surface area contributed by atoms with Gasteiger partial charge >= 0.3 is 0 Å². The standard InChI is InChI=1S/C14H21N3O2S2/c1-17-8-10(7-15-17)13-11(3-2-4-19-13)16-14(18)12-9-20-5-6-21-12/h7-8,11-13H,2-6,9H2,1H3,(H,16,18)/t11-,12+,13+/m0/s1. The number of aryl methyl sites for hydroxylation is 1. The summed E-state index contributed by atoms with van der Waals surface area (Å²) in [4.78, 5) is 12.4. The average molecular weight is 327 g/mol. The number of amides is 1. The van der Waals surface area contributed by atoms with E-state index in [0.717, 1.165) is 42.3 Å². The van der Waals surface area contributed by atoms with Crippen molar-refractivity contribution in [3.8, 4) is 0 Å². The SMILES string of the molecule is Cn1cc([C@H]2OCCC[C@@H]2NC(=O)[C@H]2CSCCS2)cn1. The summed E-state index contributed by atoms with van der Waals surface area (Å²) in [5, 5.41) is 7.51. The highest BCUT2D eigenvalue weighted by molar-refractivity contribution is 8.07. The smallest absolute Gasteiger partial charge is 0.234 e. The Morgan fingerprint density at radius 3 is 3.14 bits per heavy atom. The molecular weight excluding hydrogens is 306 g/mol. The van der Waals surface area contributed by atoms with Gasteiger partial charge in [0.05, 0.1) is 17.5 Å². The van der Waals surface area contributed by atoms with Gasteiger partial charge in [-0.25, -0.2) is 0 Å². The lowest BCUT2D eigenvalue weighted by Crippen LogP contribution is -2.47. The van der Waals surface area contributed by atoms with Gasteiger partial charge < -0.3 is 10.1 Å². The first-order valence-electron chi connectivity index (χ1n) is 7.34. The summed E-state index contributed by atoms with van der Waals surface area (Å²) in [6.45, 7) is 0.750. The molecule has 1 amide bonds. The summed E-state index contributed by atoms with van der Waals surface area (Å²) < 4.78 is 7.68. The topological polar surface area (TPSA) is 56.1 Å². The molecule has 2 fully saturated rings. The fourth-order valence-electron chi connectivity index (χ4n) is 2.76. The highest BCUT2D eigenvalue weighted by Gasteiger charge is 2.32. The molecular formula is C14H21N3O2S2. The molecule has 3 heterocycles. The van der Waals surface area contributed by atoms with Crippen LogP contribution in [0.2, 0.25) is 0 Å². The van der Waals surface area contributed by atoms with Crippen molar-refractivity contribution in [2.24, 2.45) is 7.05 Å². The number of ether oxygens (including phenoxy) is 1. The second-order valence-corrected chi connectivity index (χ2v) is 7.89. The highest BCUT2D eigenvalue weighted by Crippen LogP contribution is 2.29. The van der Waals surface area contributed by atoms with Crippen molar-refractivity contribution >= 4 is 29.4 Å². The molecule has 0 radical (unpaired) electrons. The number of carbonyl (C=O) groups is 1. The van der Waals surface area contributed by atoms with Crippen molar-refractivity contribution < 1.29 is 9.53 Å². The van der Waals surface area contributed by atoms with Gasteiger partial charge in [-0.15, -0.1) is 11.8 Å². The number of rotatable bonds is 3. The van der Waals surface area contributed by atoms with E-state index in [1.165, 1.54) is 0 Å². The number of thioether (sulfide) groups is 2. The molecule has 2 saturated heterocycles. The summed E-state index contributed by atoms with van der Waals surface area (Å²) in [6, 6.07) is 0.0583. The second-order valence-electron chi connectivity index (χ2n) is 5.43. The third-order valence-electron chi connectivity index (χ3n) is 3.81. The highest BCUT2D eigenvalue weighted by atomic mass is 32.2. The van der Waals surface area contributed by atoms with Crippen molar-refractivity contribution in [3.63, 3.8) is 0 Å². The van der Waals surface area contributed by atoms with E-state index in [-0.39, 0.29) is 23.3 Å². The van der Waals surface area contributed by atoms with Gasteiger partial charge in [-0.2, -0.15) is 16.9 Å². The molecule has 7 heteroatoms. The molecule has 0 unspecified atom stereocenters. The predicted octanol–water partition coefficient (Wildman–Crippen LogP) is 1.60. The Balaban J connectivity index is 1.65. The Hall–Kier alpha value is -0.660. The van der Waals surface area contributed by atoms with E-state index in [0.29, 0.717) is 0 Å². The summed E-state index contributed by atoms with van der Waals surface area (Å²) in [7, 11) is 1.90. The van der Waals surface area contributed by atoms with Crippen LogP contribution in [0, 0.1) is 0 Å². The van der Waals surface area contributed by atoms with E-state index in [1.54, 1.807) is 16.4 Å². The van der Waals surface area contributed by atoms with Crippen LogP contribution in [-0.2, 0) is 16.6 Å². The van der Waals surface area contributed by atoms with Crippen LogP contribution in [0.15, 0.2) is 12.4 Å². The molecule has 0 saturated carbocycles. The van der Waals surface area contributed by atoms with E-state index >= 15 is 0 Å². The zero-order valence-electron chi connectivity index (χ0n) is 12.2. The van der Waals surface area contributed by atoms with Crippen molar-refractivity contribution in [2.45, 2.75) is 30.2 Å². The van der Waals surface area contributed by atoms with Crippen LogP contribution >= 0.6 is 23.5 Å². The lowest BCUT2D eigenvalue weighted by molar-refractivity contribution is -0.123. The third-order valence-corrected chi connectivity index (χ3v) is 6.57. The van der Waals surface area contributed by atoms with Crippen LogP contribution < -0.4 is 5.32 Å². The first-order chi connectivity index (χ1) is 10.2. The Morgan fingerprint density at radius 2 is 2.43 bits per heavy atom. The maximum absolute atomic E-state index is 12.4. The molecule has 2 aliphatic heterocycles. The molecule has 5 nitrogen and oxygen atoms in total. The molecule has 1 aromatic rings. The van der Waals surface area contributed by atoms with Crippen LogP contribution in [-0.4, -0.2) is 50.8 Å². The largest absolute Gasteiger partial charge is 0.371 e. The van der Waals surface area contributed by atoms with Crippen LogP contribution in [0.3, 0.4) is 0 Å². The van der Waals surface area contributed by atoms with Crippen molar-refractivity contribution in [2.75, 3.05) is 23.9 Å². The van der Waals surface area contributed by atoms with Gasteiger partial charge in [0.1, 0.15) is 6.10 Å². The van der Waals surface area contributed by atoms with Gasteiger partial charge in [0, 0.05) is 42.7 Å². The quantitative estimate of drug-likeness (QED) is 0.914. The minimum Gasteiger partial charge on any atom is -0.371 e. The summed E-state index contributed by atoms with van der Waals surface area (Å²) >= 11 is 3.64. The molecule has 0 bridgehead atoms. The van der Waals surface area contributed by atoms with Crippen molar-refractivity contribution in [3.05, 3.63) is 18.0 Å². The van der Waals surface area contributed by atoms with E-state index in [9.17, 15) is 4.79 Å². The summed E-state index contributed by atoms with van der Waals surface area (Å²) in [6.07, 6.45) is 5.70. The van der Waals surface area contributed by atoms with Gasteiger partial charge in [0.15, 0.2) is 0 Å². The Labute approximate surface area is 133 Å². The number of hydrogen-bond donors (Lipinski definition) is 1. The van der Waals surface area contributed by atoms with Crippen molar-refractivity contribution in [1.29, 1.82) is 0 Å². The fourth-order valence-corrected chi connectivity index (χ4v) is 5.33. The van der Waals surface area contributed by atoms with Gasteiger partial charge in [-0.3, -0.25) is 9.48 Å². The average Bonchev–Trinajstić information content (AvgIpc) is 2.95. The molecule has 116 valence electrons. The van der Waals surface area contributed by atoms with Gasteiger partial charge in [0.25, 0.3) is 0 Å². The molecule has 2 aliphatic rings. The van der Waals surface area contributed by atoms with Crippen LogP contribution in [0.4, 0.5) is 0 Å². The van der Waals surface area contributed by atoms with Gasteiger partial charge in [-0.1, -0.05) is 0 Å². The van der Waals surface area contributed by atoms with Gasteiger partial charge in [0.2, 0.25) is 5.91 Å². The molecule has 3 rings (SSSR count). The Morgan fingerprint density at radius 1 is 1.52 bits per heavy atom. The number of hydrogen-bond acceptors (Lipinski definition) is 5. The van der Waals surface area contributed by atoms with Crippen molar-refractivity contribution in [1.82, 2.24) is 15.1 Å². The van der Waals surface area contributed by atoms with E-state index in [2.05, 4.69) is 10.4 Å². The zero-order chi connectivity index (χ0) is 14.7. The molecule has 1 aromatic heterocycles. The number of nitrogens with one attached hydrogen (secondary N) is 1. The lowest BCUT2D eigenvalue weighted by Gasteiger charge is -2.33. The maximum atomic E-state index is 12.4. The van der Waals surface area contributed by atoms with Crippen LogP contribution in [0.25, 0.3) is 0 Å². The fraction of sp³-hybridized carbons (Fsp3) is 0.714. The minimum atomic E-state index is -0.0716. The minimum absolute atomic E-state index is 0.0583. The van der Waals surface area contributed by atoms with E-state index in [4.69, 9.17) is 4.74 Å². The van der Waals surface area contributed by atoms with E-state index < -0.39 is 0 Å². The first kappa shape index (κ1) is 15.2. The van der Waals surface area contributed by atoms with E-state index in [1.807, 2.05) is 31.2 Å². The number of aromatic nitrogens is 2. The van der Waals surface area contributed by atoms with Crippen LogP contribution in [0.1, 0.15) is 24.5 Å². The van der Waals surface area contributed by atoms with Crippen LogP contribution in [0.5, 0.6) is 0 Å². The summed E-state index contributed by atoms with van der Waals surface area (Å²) in [5.74, 6) is 3.30. The lowest BCUT2D eigenvalue weighted by atomic mass is 9.98. The third kappa shape index (κ3) is 3.76. The predicted molar refractivity (Wildman–Crippen MR) is 86.6 cm³/mol. The molecule has 0 aliphatic carbocycles. The molecule has 3 atom stereocenters. The zero-order valence-corrected chi connectivity index (χ0v) is 13.8. The number of nitrogens with zero attached hydrogens (tertiary/aromatic N) is 2. The molecule has 1 N–H and O–H groups in total. The summed E-state index contributed by atoms with van der Waals surface area (Å²) in [5.41, 5.74) is 1.05. The first-order valence-corrected chi connectivity index (χ1v) is 9.54. The number of carbonyl (C=O) groups excluding carboxylic acids is 1.